The van der Waals surface area contributed by atoms with Crippen molar-refractivity contribution >= 4 is 5.96 Å². The minimum atomic E-state index is 0.157. The molecule has 1 unspecified atom stereocenters. The summed E-state index contributed by atoms with van der Waals surface area (Å²) in [7, 11) is 0. The van der Waals surface area contributed by atoms with Gasteiger partial charge in [-0.1, -0.05) is 12.8 Å². The van der Waals surface area contributed by atoms with Crippen LogP contribution < -0.4 is 16.6 Å². The lowest BCUT2D eigenvalue weighted by atomic mass is 10.1. The van der Waals surface area contributed by atoms with Gasteiger partial charge in [-0.3, -0.25) is 10.4 Å². The number of nitrogens with zero attached hydrogens (tertiary/aromatic N) is 2. The molecular weight excluding hydrogens is 226 g/mol. The maximum absolute atomic E-state index is 5.52. The second-order valence-electron chi connectivity index (χ2n) is 4.71. The van der Waals surface area contributed by atoms with Gasteiger partial charge in [0.05, 0.1) is 12.1 Å². The van der Waals surface area contributed by atoms with Crippen molar-refractivity contribution in [2.45, 2.75) is 44.7 Å². The van der Waals surface area contributed by atoms with E-state index in [9.17, 15) is 0 Å². The normalized spacial score (nSPS) is 18.7. The zero-order valence-corrected chi connectivity index (χ0v) is 10.8. The van der Waals surface area contributed by atoms with E-state index in [0.717, 1.165) is 12.8 Å². The third kappa shape index (κ3) is 3.43. The van der Waals surface area contributed by atoms with Crippen LogP contribution in [0.1, 0.15) is 44.2 Å². The van der Waals surface area contributed by atoms with Gasteiger partial charge in [0.25, 0.3) is 0 Å². The summed E-state index contributed by atoms with van der Waals surface area (Å²) in [6.07, 6.45) is 8.44. The molecule has 1 aromatic rings. The van der Waals surface area contributed by atoms with Crippen molar-refractivity contribution in [3.8, 4) is 0 Å². The second kappa shape index (κ2) is 6.35. The molecule has 4 N–H and O–H groups in total. The quantitative estimate of drug-likeness (QED) is 0.327. The van der Waals surface area contributed by atoms with Gasteiger partial charge in [-0.25, -0.2) is 10.8 Å². The molecule has 1 saturated carbocycles. The third-order valence-electron chi connectivity index (χ3n) is 3.33. The van der Waals surface area contributed by atoms with E-state index in [0.29, 0.717) is 12.0 Å². The Hall–Kier alpha value is -1.62. The number of nitrogens with one attached hydrogen (secondary N) is 2. The fourth-order valence-electron chi connectivity index (χ4n) is 2.27. The minimum absolute atomic E-state index is 0.157. The molecule has 1 aliphatic carbocycles. The number of hydrogen-bond donors (Lipinski definition) is 3. The van der Waals surface area contributed by atoms with Crippen LogP contribution in [0, 0.1) is 0 Å². The molecule has 2 rings (SSSR count). The Morgan fingerprint density at radius 2 is 2.06 bits per heavy atom. The fourth-order valence-corrected chi connectivity index (χ4v) is 2.27. The van der Waals surface area contributed by atoms with Crippen molar-refractivity contribution in [1.82, 2.24) is 15.7 Å². The molecule has 0 saturated heterocycles. The molecule has 1 fully saturated rings. The monoisotopic (exact) mass is 247 g/mol. The van der Waals surface area contributed by atoms with Gasteiger partial charge in [0, 0.05) is 12.4 Å². The number of hydrogen-bond acceptors (Lipinski definition) is 3. The molecule has 18 heavy (non-hydrogen) atoms. The van der Waals surface area contributed by atoms with Gasteiger partial charge in [0.2, 0.25) is 5.96 Å². The first kappa shape index (κ1) is 12.8. The summed E-state index contributed by atoms with van der Waals surface area (Å²) in [4.78, 5) is 8.63. The number of pyridine rings is 1. The van der Waals surface area contributed by atoms with Crippen molar-refractivity contribution < 1.29 is 0 Å². The number of aliphatic imine (C=N–C) groups is 1. The molecule has 0 bridgehead atoms. The van der Waals surface area contributed by atoms with Crippen molar-refractivity contribution in [1.29, 1.82) is 0 Å². The van der Waals surface area contributed by atoms with Crippen molar-refractivity contribution in [3.63, 3.8) is 0 Å². The molecule has 1 aliphatic rings. The smallest absolute Gasteiger partial charge is 0.206 e. The van der Waals surface area contributed by atoms with E-state index >= 15 is 0 Å². The van der Waals surface area contributed by atoms with E-state index in [2.05, 4.69) is 27.6 Å². The number of guanidine groups is 1. The Bertz CT molecular complexity index is 384. The Labute approximate surface area is 108 Å². The zero-order valence-electron chi connectivity index (χ0n) is 10.8. The first-order chi connectivity index (χ1) is 8.79. The summed E-state index contributed by atoms with van der Waals surface area (Å²) >= 11 is 0. The highest BCUT2D eigenvalue weighted by atomic mass is 15.3. The summed E-state index contributed by atoms with van der Waals surface area (Å²) < 4.78 is 0. The van der Waals surface area contributed by atoms with Crippen LogP contribution in [0.4, 0.5) is 0 Å². The molecule has 0 aliphatic heterocycles. The zero-order chi connectivity index (χ0) is 12.8. The van der Waals surface area contributed by atoms with E-state index in [4.69, 9.17) is 5.84 Å². The highest BCUT2D eigenvalue weighted by Gasteiger charge is 2.15. The van der Waals surface area contributed by atoms with Gasteiger partial charge in [0.15, 0.2) is 0 Å². The average molecular weight is 247 g/mol. The van der Waals surface area contributed by atoms with Crippen LogP contribution in [0.15, 0.2) is 29.5 Å². The average Bonchev–Trinajstić information content (AvgIpc) is 2.91. The van der Waals surface area contributed by atoms with Crippen LogP contribution in [0.5, 0.6) is 0 Å². The standard InChI is InChI=1S/C13H21N5/c1-10(11-6-8-15-9-7-11)16-13(18-14)17-12-4-2-3-5-12/h6-10,12H,2-5,14H2,1H3,(H2,16,17,18). The lowest BCUT2D eigenvalue weighted by Crippen LogP contribution is -2.43. The lowest BCUT2D eigenvalue weighted by molar-refractivity contribution is 0.652. The summed E-state index contributed by atoms with van der Waals surface area (Å²) in [5.41, 5.74) is 3.82. The SMILES string of the molecule is CC(NC(=NC1CCCC1)NN)c1ccncc1. The van der Waals surface area contributed by atoms with Crippen LogP contribution in [0.2, 0.25) is 0 Å². The molecule has 1 heterocycles. The topological polar surface area (TPSA) is 75.3 Å². The summed E-state index contributed by atoms with van der Waals surface area (Å²) in [6, 6.07) is 4.54. The van der Waals surface area contributed by atoms with Gasteiger partial charge in [-0.2, -0.15) is 0 Å². The predicted octanol–water partition coefficient (Wildman–Crippen LogP) is 1.49. The number of rotatable bonds is 3. The lowest BCUT2D eigenvalue weighted by Gasteiger charge is -2.17. The van der Waals surface area contributed by atoms with Gasteiger partial charge in [-0.15, -0.1) is 0 Å². The Morgan fingerprint density at radius 1 is 1.39 bits per heavy atom. The van der Waals surface area contributed by atoms with E-state index in [-0.39, 0.29) is 6.04 Å². The molecule has 0 spiro atoms. The molecular formula is C13H21N5. The molecule has 98 valence electrons. The summed E-state index contributed by atoms with van der Waals surface area (Å²) in [6.45, 7) is 2.08. The van der Waals surface area contributed by atoms with Crippen LogP contribution in [-0.2, 0) is 0 Å². The van der Waals surface area contributed by atoms with Crippen molar-refractivity contribution in [2.75, 3.05) is 0 Å². The van der Waals surface area contributed by atoms with E-state index < -0.39 is 0 Å². The second-order valence-corrected chi connectivity index (χ2v) is 4.71. The third-order valence-corrected chi connectivity index (χ3v) is 3.33. The van der Waals surface area contributed by atoms with Gasteiger partial charge in [0.1, 0.15) is 0 Å². The molecule has 0 amide bonds. The predicted molar refractivity (Wildman–Crippen MR) is 72.8 cm³/mol. The van der Waals surface area contributed by atoms with Crippen molar-refractivity contribution in [3.05, 3.63) is 30.1 Å². The Balaban J connectivity index is 1.97. The largest absolute Gasteiger partial charge is 0.349 e. The number of aromatic nitrogens is 1. The maximum atomic E-state index is 5.52. The molecule has 1 aromatic heterocycles. The van der Waals surface area contributed by atoms with Crippen LogP contribution in [-0.4, -0.2) is 17.0 Å². The van der Waals surface area contributed by atoms with E-state index in [1.807, 2.05) is 12.1 Å². The first-order valence-electron chi connectivity index (χ1n) is 6.50. The van der Waals surface area contributed by atoms with Crippen molar-refractivity contribution in [2.24, 2.45) is 10.8 Å². The molecule has 5 heteroatoms. The number of nitrogens with two attached hydrogens (primary N) is 1. The van der Waals surface area contributed by atoms with Crippen LogP contribution in [0.25, 0.3) is 0 Å². The fraction of sp³-hybridized carbons (Fsp3) is 0.538. The van der Waals surface area contributed by atoms with E-state index in [1.54, 1.807) is 12.4 Å². The first-order valence-corrected chi connectivity index (χ1v) is 6.50. The van der Waals surface area contributed by atoms with Gasteiger partial charge in [-0.05, 0) is 37.5 Å². The molecule has 0 aromatic carbocycles. The molecule has 5 nitrogen and oxygen atoms in total. The van der Waals surface area contributed by atoms with E-state index in [1.165, 1.54) is 18.4 Å². The van der Waals surface area contributed by atoms with Crippen LogP contribution >= 0.6 is 0 Å². The maximum Gasteiger partial charge on any atom is 0.206 e. The van der Waals surface area contributed by atoms with Gasteiger partial charge < -0.3 is 5.32 Å². The molecule has 0 radical (unpaired) electrons. The van der Waals surface area contributed by atoms with Gasteiger partial charge >= 0.3 is 0 Å². The number of hydrazine groups is 1. The summed E-state index contributed by atoms with van der Waals surface area (Å²) in [5.74, 6) is 6.19. The van der Waals surface area contributed by atoms with Crippen LogP contribution in [0.3, 0.4) is 0 Å². The summed E-state index contributed by atoms with van der Waals surface area (Å²) in [5, 5.41) is 3.30. The highest BCUT2D eigenvalue weighted by molar-refractivity contribution is 5.79. The molecule has 1 atom stereocenters. The Morgan fingerprint density at radius 3 is 2.67 bits per heavy atom. The Kier molecular flexibility index (Phi) is 4.52. The minimum Gasteiger partial charge on any atom is -0.349 e. The highest BCUT2D eigenvalue weighted by Crippen LogP contribution is 2.21.